The number of hydrogen-bond acceptors (Lipinski definition) is 6. The van der Waals surface area contributed by atoms with Crippen LogP contribution < -0.4 is 4.74 Å². The maximum Gasteiger partial charge on any atom is 0.416 e. The van der Waals surface area contributed by atoms with Crippen molar-refractivity contribution in [1.29, 1.82) is 0 Å². The number of tetrazole rings is 1. The van der Waals surface area contributed by atoms with Crippen LogP contribution in [0.1, 0.15) is 67.9 Å². The minimum atomic E-state index is -4.40. The second-order valence-corrected chi connectivity index (χ2v) is 9.84. The molecular weight excluding hydrogens is 507 g/mol. The summed E-state index contributed by atoms with van der Waals surface area (Å²) in [7, 11) is 0. The van der Waals surface area contributed by atoms with Crippen LogP contribution in [0, 0.1) is 0 Å². The summed E-state index contributed by atoms with van der Waals surface area (Å²) in [6.07, 6.45) is 4.34. The number of nitrogens with one attached hydrogen (secondary N) is 1. The normalized spacial score (nSPS) is 15.5. The lowest BCUT2D eigenvalue weighted by Crippen LogP contribution is -2.12. The van der Waals surface area contributed by atoms with Crippen molar-refractivity contribution in [2.24, 2.45) is 0 Å². The second kappa shape index (κ2) is 10.1. The number of nitrogens with zero attached hydrogens (tertiary/aromatic N) is 6. The van der Waals surface area contributed by atoms with Crippen molar-refractivity contribution in [1.82, 2.24) is 35.2 Å². The molecule has 6 rings (SSSR count). The number of aromatic nitrogens is 7. The molecule has 0 spiro atoms. The SMILES string of the molecule is CC(Oc1ccc(-c2cnc3c(-c4nnn[nH]4)cnn3c2C2CCCCC2)cc1)c1cccc(C(F)(F)F)c1. The maximum absolute atomic E-state index is 13.1. The molecule has 1 aliphatic carbocycles. The predicted molar refractivity (Wildman–Crippen MR) is 138 cm³/mol. The van der Waals surface area contributed by atoms with Gasteiger partial charge in [0.25, 0.3) is 0 Å². The molecule has 0 bridgehead atoms. The average Bonchev–Trinajstić information content (AvgIpc) is 3.63. The molecule has 1 N–H and O–H groups in total. The van der Waals surface area contributed by atoms with E-state index in [0.717, 1.165) is 60.2 Å². The van der Waals surface area contributed by atoms with E-state index in [0.29, 0.717) is 28.7 Å². The third-order valence-corrected chi connectivity index (χ3v) is 7.32. The van der Waals surface area contributed by atoms with Gasteiger partial charge < -0.3 is 4.74 Å². The van der Waals surface area contributed by atoms with E-state index in [-0.39, 0.29) is 0 Å². The van der Waals surface area contributed by atoms with Gasteiger partial charge >= 0.3 is 6.18 Å². The molecule has 200 valence electrons. The molecule has 1 unspecified atom stereocenters. The Hall–Kier alpha value is -4.28. The van der Waals surface area contributed by atoms with Crippen LogP contribution in [0.2, 0.25) is 0 Å². The zero-order valence-corrected chi connectivity index (χ0v) is 21.2. The molecule has 0 saturated heterocycles. The van der Waals surface area contributed by atoms with E-state index in [2.05, 4.69) is 25.7 Å². The van der Waals surface area contributed by atoms with Gasteiger partial charge in [-0.25, -0.2) is 14.6 Å². The summed E-state index contributed by atoms with van der Waals surface area (Å²) in [6.45, 7) is 1.74. The van der Waals surface area contributed by atoms with E-state index >= 15 is 0 Å². The monoisotopic (exact) mass is 533 g/mol. The van der Waals surface area contributed by atoms with Gasteiger partial charge in [0.1, 0.15) is 11.9 Å². The molecule has 5 aromatic rings. The predicted octanol–water partition coefficient (Wildman–Crippen LogP) is 6.78. The Morgan fingerprint density at radius 2 is 1.79 bits per heavy atom. The van der Waals surface area contributed by atoms with Crippen molar-refractivity contribution >= 4 is 5.65 Å². The molecule has 1 saturated carbocycles. The number of H-pyrrole nitrogens is 1. The average molecular weight is 534 g/mol. The smallest absolute Gasteiger partial charge is 0.416 e. The highest BCUT2D eigenvalue weighted by molar-refractivity contribution is 5.75. The Morgan fingerprint density at radius 1 is 1.00 bits per heavy atom. The first-order valence-electron chi connectivity index (χ1n) is 12.9. The molecule has 1 fully saturated rings. The summed E-state index contributed by atoms with van der Waals surface area (Å²) in [5, 5.41) is 18.8. The van der Waals surface area contributed by atoms with Crippen LogP contribution in [0.5, 0.6) is 5.75 Å². The summed E-state index contributed by atoms with van der Waals surface area (Å²) < 4.78 is 47.3. The number of hydrogen-bond donors (Lipinski definition) is 1. The fraction of sp³-hybridized carbons (Fsp3) is 0.321. The zero-order valence-electron chi connectivity index (χ0n) is 21.2. The number of halogens is 3. The first-order chi connectivity index (χ1) is 18.9. The van der Waals surface area contributed by atoms with Crippen molar-refractivity contribution in [2.75, 3.05) is 0 Å². The third kappa shape index (κ3) is 4.96. The molecule has 39 heavy (non-hydrogen) atoms. The standard InChI is InChI=1S/C28H26F3N7O/c1-17(20-8-5-9-21(14-20)28(29,30)31)39-22-12-10-18(11-13-22)23-15-32-27-24(26-34-36-37-35-26)16-33-38(27)25(23)19-6-3-2-4-7-19/h5,8-17,19H,2-4,6-7H2,1H3,(H,34,35,36,37). The highest BCUT2D eigenvalue weighted by Crippen LogP contribution is 2.39. The quantitative estimate of drug-likeness (QED) is 0.259. The number of fused-ring (bicyclic) bond motifs is 1. The first-order valence-corrected chi connectivity index (χ1v) is 12.9. The molecule has 11 heteroatoms. The van der Waals surface area contributed by atoms with E-state index in [4.69, 9.17) is 9.72 Å². The van der Waals surface area contributed by atoms with Crippen LogP contribution in [0.3, 0.4) is 0 Å². The van der Waals surface area contributed by atoms with Crippen molar-refractivity contribution in [3.05, 3.63) is 77.7 Å². The molecule has 2 aromatic carbocycles. The highest BCUT2D eigenvalue weighted by Gasteiger charge is 2.31. The molecule has 0 radical (unpaired) electrons. The lowest BCUT2D eigenvalue weighted by atomic mass is 9.84. The van der Waals surface area contributed by atoms with Gasteiger partial charge in [0.15, 0.2) is 11.5 Å². The van der Waals surface area contributed by atoms with Crippen LogP contribution >= 0.6 is 0 Å². The summed E-state index contributed by atoms with van der Waals surface area (Å²) >= 11 is 0. The maximum atomic E-state index is 13.1. The van der Waals surface area contributed by atoms with Crippen molar-refractivity contribution < 1.29 is 17.9 Å². The second-order valence-electron chi connectivity index (χ2n) is 9.84. The Labute approximate surface area is 222 Å². The van der Waals surface area contributed by atoms with Gasteiger partial charge in [0.05, 0.1) is 23.0 Å². The number of aromatic amines is 1. The molecule has 1 atom stereocenters. The van der Waals surface area contributed by atoms with Gasteiger partial charge in [-0.2, -0.15) is 18.3 Å². The lowest BCUT2D eigenvalue weighted by molar-refractivity contribution is -0.137. The van der Waals surface area contributed by atoms with E-state index in [1.165, 1.54) is 12.5 Å². The topological polar surface area (TPSA) is 93.9 Å². The van der Waals surface area contributed by atoms with Crippen LogP contribution in [-0.2, 0) is 6.18 Å². The fourth-order valence-electron chi connectivity index (χ4n) is 5.33. The van der Waals surface area contributed by atoms with Gasteiger partial charge in [-0.15, -0.1) is 5.10 Å². The van der Waals surface area contributed by atoms with Crippen LogP contribution in [0.25, 0.3) is 28.2 Å². The zero-order chi connectivity index (χ0) is 27.0. The van der Waals surface area contributed by atoms with Crippen LogP contribution in [0.15, 0.2) is 60.9 Å². The third-order valence-electron chi connectivity index (χ3n) is 7.32. The molecule has 3 heterocycles. The van der Waals surface area contributed by atoms with Crippen molar-refractivity contribution in [3.8, 4) is 28.3 Å². The molecule has 3 aromatic heterocycles. The number of ether oxygens (including phenoxy) is 1. The largest absolute Gasteiger partial charge is 0.486 e. The fourth-order valence-corrected chi connectivity index (χ4v) is 5.33. The van der Waals surface area contributed by atoms with Gasteiger partial charge in [0.2, 0.25) is 0 Å². The number of rotatable bonds is 6. The van der Waals surface area contributed by atoms with Gasteiger partial charge in [-0.3, -0.25) is 0 Å². The van der Waals surface area contributed by atoms with Crippen LogP contribution in [0.4, 0.5) is 13.2 Å². The van der Waals surface area contributed by atoms with Crippen molar-refractivity contribution in [3.63, 3.8) is 0 Å². The van der Waals surface area contributed by atoms with Gasteiger partial charge in [-0.1, -0.05) is 43.5 Å². The van der Waals surface area contributed by atoms with Gasteiger partial charge in [0, 0.05) is 17.7 Å². The highest BCUT2D eigenvalue weighted by atomic mass is 19.4. The number of alkyl halides is 3. The van der Waals surface area contributed by atoms with E-state index in [1.54, 1.807) is 19.2 Å². The lowest BCUT2D eigenvalue weighted by Gasteiger charge is -2.25. The van der Waals surface area contributed by atoms with E-state index < -0.39 is 17.8 Å². The summed E-state index contributed by atoms with van der Waals surface area (Å²) in [5.74, 6) is 1.41. The molecule has 8 nitrogen and oxygen atoms in total. The summed E-state index contributed by atoms with van der Waals surface area (Å²) in [6, 6.07) is 12.8. The first kappa shape index (κ1) is 25.0. The molecule has 1 aliphatic rings. The minimum absolute atomic E-state index is 0.330. The molecule has 0 amide bonds. The molecule has 0 aliphatic heterocycles. The van der Waals surface area contributed by atoms with Crippen molar-refractivity contribution in [2.45, 2.75) is 57.2 Å². The number of benzene rings is 2. The Kier molecular flexibility index (Phi) is 6.49. The minimum Gasteiger partial charge on any atom is -0.486 e. The summed E-state index contributed by atoms with van der Waals surface area (Å²) in [5.41, 5.74) is 4.23. The van der Waals surface area contributed by atoms with E-state index in [1.807, 2.05) is 35.0 Å². The Morgan fingerprint density at radius 3 is 2.51 bits per heavy atom. The van der Waals surface area contributed by atoms with Crippen LogP contribution in [-0.4, -0.2) is 35.2 Å². The van der Waals surface area contributed by atoms with E-state index in [9.17, 15) is 13.2 Å². The summed E-state index contributed by atoms with van der Waals surface area (Å²) in [4.78, 5) is 4.73. The Bertz CT molecular complexity index is 1570. The Balaban J connectivity index is 1.32. The molecular formula is C28H26F3N7O. The van der Waals surface area contributed by atoms with Gasteiger partial charge in [-0.05, 0) is 65.6 Å².